The summed E-state index contributed by atoms with van der Waals surface area (Å²) in [5.41, 5.74) is 1.49. The van der Waals surface area contributed by atoms with Gasteiger partial charge in [0.1, 0.15) is 29.6 Å². The highest BCUT2D eigenvalue weighted by Crippen LogP contribution is 2.20. The van der Waals surface area contributed by atoms with E-state index in [1.165, 1.54) is 12.1 Å². The third-order valence-corrected chi connectivity index (χ3v) is 2.44. The second-order valence-corrected chi connectivity index (χ2v) is 4.00. The molecule has 0 atom stereocenters. The first-order valence-corrected chi connectivity index (χ1v) is 5.67. The quantitative estimate of drug-likeness (QED) is 0.885. The number of ether oxygens (including phenoxy) is 1. The summed E-state index contributed by atoms with van der Waals surface area (Å²) >= 11 is 0. The Morgan fingerprint density at radius 1 is 1.39 bits per heavy atom. The van der Waals surface area contributed by atoms with Crippen molar-refractivity contribution in [1.29, 1.82) is 0 Å². The molecule has 0 bridgehead atoms. The molecule has 0 unspecified atom stereocenters. The lowest BCUT2D eigenvalue weighted by Gasteiger charge is -2.10. The normalized spacial score (nSPS) is 10.6. The number of hydrogen-bond donors (Lipinski definition) is 1. The van der Waals surface area contributed by atoms with Gasteiger partial charge in [0.05, 0.1) is 0 Å². The van der Waals surface area contributed by atoms with Gasteiger partial charge in [-0.25, -0.2) is 4.39 Å². The average Bonchev–Trinajstić information content (AvgIpc) is 2.75. The second kappa shape index (κ2) is 5.64. The number of benzene rings is 1. The standard InChI is InChI=1S/C13H15FN2O2/c1-9-5-12(16-18-9)8-17-13-4-3-11(14)6-10(13)7-15-2/h3-6,15H,7-8H2,1-2H3. The van der Waals surface area contributed by atoms with Gasteiger partial charge < -0.3 is 14.6 Å². The molecule has 96 valence electrons. The van der Waals surface area contributed by atoms with E-state index in [9.17, 15) is 4.39 Å². The Labute approximate surface area is 105 Å². The van der Waals surface area contributed by atoms with Crippen LogP contribution in [0.3, 0.4) is 0 Å². The van der Waals surface area contributed by atoms with Crippen molar-refractivity contribution in [2.24, 2.45) is 0 Å². The molecule has 0 fully saturated rings. The summed E-state index contributed by atoms with van der Waals surface area (Å²) in [6.07, 6.45) is 0. The SMILES string of the molecule is CNCc1cc(F)ccc1OCc1cc(C)on1. The van der Waals surface area contributed by atoms with Gasteiger partial charge in [-0.2, -0.15) is 0 Å². The summed E-state index contributed by atoms with van der Waals surface area (Å²) in [4.78, 5) is 0. The second-order valence-electron chi connectivity index (χ2n) is 4.00. The maximum absolute atomic E-state index is 13.1. The van der Waals surface area contributed by atoms with Crippen molar-refractivity contribution < 1.29 is 13.7 Å². The number of nitrogens with zero attached hydrogens (tertiary/aromatic N) is 1. The molecule has 1 N–H and O–H groups in total. The summed E-state index contributed by atoms with van der Waals surface area (Å²) < 4.78 is 23.7. The Kier molecular flexibility index (Phi) is 3.94. The molecule has 5 heteroatoms. The van der Waals surface area contributed by atoms with Crippen LogP contribution in [-0.2, 0) is 13.2 Å². The van der Waals surface area contributed by atoms with E-state index in [2.05, 4.69) is 10.5 Å². The molecule has 0 saturated carbocycles. The van der Waals surface area contributed by atoms with Crippen LogP contribution in [0, 0.1) is 12.7 Å². The largest absolute Gasteiger partial charge is 0.487 e. The lowest BCUT2D eigenvalue weighted by molar-refractivity contribution is 0.284. The summed E-state index contributed by atoms with van der Waals surface area (Å²) in [6.45, 7) is 2.67. The molecule has 18 heavy (non-hydrogen) atoms. The van der Waals surface area contributed by atoms with Gasteiger partial charge in [0.25, 0.3) is 0 Å². The lowest BCUT2D eigenvalue weighted by atomic mass is 10.2. The van der Waals surface area contributed by atoms with Crippen LogP contribution in [0.5, 0.6) is 5.75 Å². The van der Waals surface area contributed by atoms with Crippen molar-refractivity contribution >= 4 is 0 Å². The molecule has 4 nitrogen and oxygen atoms in total. The molecule has 0 aliphatic rings. The third kappa shape index (κ3) is 3.07. The zero-order chi connectivity index (χ0) is 13.0. The highest BCUT2D eigenvalue weighted by molar-refractivity contribution is 5.34. The predicted octanol–water partition coefficient (Wildman–Crippen LogP) is 2.42. The van der Waals surface area contributed by atoms with Crippen LogP contribution in [0.2, 0.25) is 0 Å². The zero-order valence-electron chi connectivity index (χ0n) is 10.4. The number of aromatic nitrogens is 1. The van der Waals surface area contributed by atoms with E-state index in [4.69, 9.17) is 9.26 Å². The van der Waals surface area contributed by atoms with Crippen LogP contribution in [0.1, 0.15) is 17.0 Å². The van der Waals surface area contributed by atoms with Crippen molar-refractivity contribution in [3.05, 3.63) is 47.1 Å². The van der Waals surface area contributed by atoms with Crippen LogP contribution in [0.4, 0.5) is 4.39 Å². The van der Waals surface area contributed by atoms with Gasteiger partial charge in [-0.3, -0.25) is 0 Å². The van der Waals surface area contributed by atoms with Crippen molar-refractivity contribution in [3.8, 4) is 5.75 Å². The van der Waals surface area contributed by atoms with E-state index >= 15 is 0 Å². The Morgan fingerprint density at radius 3 is 2.89 bits per heavy atom. The molecule has 2 rings (SSSR count). The first-order chi connectivity index (χ1) is 8.69. The number of nitrogens with one attached hydrogen (secondary N) is 1. The first kappa shape index (κ1) is 12.6. The number of rotatable bonds is 5. The topological polar surface area (TPSA) is 47.3 Å². The monoisotopic (exact) mass is 250 g/mol. The lowest BCUT2D eigenvalue weighted by Crippen LogP contribution is -2.08. The van der Waals surface area contributed by atoms with Gasteiger partial charge in [0, 0.05) is 18.2 Å². The number of hydrogen-bond acceptors (Lipinski definition) is 4. The Bertz CT molecular complexity index is 525. The van der Waals surface area contributed by atoms with E-state index in [1.807, 2.05) is 6.92 Å². The van der Waals surface area contributed by atoms with Gasteiger partial charge in [-0.15, -0.1) is 0 Å². The van der Waals surface area contributed by atoms with Gasteiger partial charge in [-0.05, 0) is 32.2 Å². The van der Waals surface area contributed by atoms with Gasteiger partial charge in [-0.1, -0.05) is 5.16 Å². The predicted molar refractivity (Wildman–Crippen MR) is 64.7 cm³/mol. The van der Waals surface area contributed by atoms with E-state index in [0.717, 1.165) is 11.3 Å². The smallest absolute Gasteiger partial charge is 0.134 e. The fourth-order valence-electron chi connectivity index (χ4n) is 1.66. The van der Waals surface area contributed by atoms with Gasteiger partial charge in [0.15, 0.2) is 0 Å². The van der Waals surface area contributed by atoms with E-state index in [0.29, 0.717) is 24.6 Å². The molecule has 2 aromatic rings. The first-order valence-electron chi connectivity index (χ1n) is 5.67. The maximum Gasteiger partial charge on any atom is 0.134 e. The molecule has 1 aromatic heterocycles. The summed E-state index contributed by atoms with van der Waals surface area (Å²) in [7, 11) is 1.80. The fourth-order valence-corrected chi connectivity index (χ4v) is 1.66. The summed E-state index contributed by atoms with van der Waals surface area (Å²) in [5, 5.41) is 6.81. The fraction of sp³-hybridized carbons (Fsp3) is 0.308. The Hall–Kier alpha value is -1.88. The molecule has 1 aromatic carbocycles. The molecule has 0 saturated heterocycles. The van der Waals surface area contributed by atoms with E-state index in [1.54, 1.807) is 19.2 Å². The van der Waals surface area contributed by atoms with Gasteiger partial charge >= 0.3 is 0 Å². The number of aryl methyl sites for hydroxylation is 1. The van der Waals surface area contributed by atoms with Crippen molar-refractivity contribution in [2.45, 2.75) is 20.1 Å². The number of halogens is 1. The minimum absolute atomic E-state index is 0.273. The van der Waals surface area contributed by atoms with E-state index < -0.39 is 0 Å². The molecule has 0 radical (unpaired) electrons. The highest BCUT2D eigenvalue weighted by atomic mass is 19.1. The summed E-state index contributed by atoms with van der Waals surface area (Å²) in [5.74, 6) is 1.11. The minimum Gasteiger partial charge on any atom is -0.487 e. The van der Waals surface area contributed by atoms with Crippen LogP contribution >= 0.6 is 0 Å². The van der Waals surface area contributed by atoms with E-state index in [-0.39, 0.29) is 5.82 Å². The molecule has 0 amide bonds. The molecule has 0 aliphatic carbocycles. The van der Waals surface area contributed by atoms with Crippen molar-refractivity contribution in [3.63, 3.8) is 0 Å². The van der Waals surface area contributed by atoms with Crippen LogP contribution in [-0.4, -0.2) is 12.2 Å². The molecule has 0 aliphatic heterocycles. The molecule has 1 heterocycles. The summed E-state index contributed by atoms with van der Waals surface area (Å²) in [6, 6.07) is 6.26. The minimum atomic E-state index is -0.273. The molecular weight excluding hydrogens is 235 g/mol. The highest BCUT2D eigenvalue weighted by Gasteiger charge is 2.07. The van der Waals surface area contributed by atoms with Crippen molar-refractivity contribution in [1.82, 2.24) is 10.5 Å². The average molecular weight is 250 g/mol. The Balaban J connectivity index is 2.08. The maximum atomic E-state index is 13.1. The Morgan fingerprint density at radius 2 is 2.22 bits per heavy atom. The van der Waals surface area contributed by atoms with Crippen LogP contribution in [0.25, 0.3) is 0 Å². The van der Waals surface area contributed by atoms with Crippen LogP contribution in [0.15, 0.2) is 28.8 Å². The molecular formula is C13H15FN2O2. The zero-order valence-corrected chi connectivity index (χ0v) is 10.4. The van der Waals surface area contributed by atoms with Crippen molar-refractivity contribution in [2.75, 3.05) is 7.05 Å². The van der Waals surface area contributed by atoms with Gasteiger partial charge in [0.2, 0.25) is 0 Å². The van der Waals surface area contributed by atoms with Crippen LogP contribution < -0.4 is 10.1 Å². The molecule has 0 spiro atoms. The third-order valence-electron chi connectivity index (χ3n) is 2.44.